The van der Waals surface area contributed by atoms with Gasteiger partial charge in [-0.2, -0.15) is 0 Å². The van der Waals surface area contributed by atoms with Crippen LogP contribution in [-0.4, -0.2) is 34.3 Å². The highest BCUT2D eigenvalue weighted by molar-refractivity contribution is 6.33. The van der Waals surface area contributed by atoms with Crippen LogP contribution in [0.3, 0.4) is 0 Å². The van der Waals surface area contributed by atoms with Crippen molar-refractivity contribution in [3.63, 3.8) is 0 Å². The van der Waals surface area contributed by atoms with E-state index in [2.05, 4.69) is 0 Å². The van der Waals surface area contributed by atoms with Crippen LogP contribution in [0, 0.1) is 19.7 Å². The van der Waals surface area contributed by atoms with Gasteiger partial charge < -0.3 is 9.47 Å². The van der Waals surface area contributed by atoms with Crippen LogP contribution in [0.4, 0.5) is 4.39 Å². The molecule has 1 aromatic rings. The van der Waals surface area contributed by atoms with E-state index in [4.69, 9.17) is 17.3 Å². The third kappa shape index (κ3) is 3.95. The van der Waals surface area contributed by atoms with E-state index < -0.39 is 0 Å². The Labute approximate surface area is 97.2 Å². The Hall–Kier alpha value is -0.865. The van der Waals surface area contributed by atoms with Crippen molar-refractivity contribution < 1.29 is 13.9 Å². The van der Waals surface area contributed by atoms with E-state index >= 15 is 0 Å². The molecule has 2 radical (unpaired) electrons. The largest absolute Gasteiger partial charge is 0.377 e. The van der Waals surface area contributed by atoms with Crippen molar-refractivity contribution in [1.82, 2.24) is 0 Å². The van der Waals surface area contributed by atoms with Gasteiger partial charge in [0.25, 0.3) is 0 Å². The van der Waals surface area contributed by atoms with Crippen molar-refractivity contribution in [1.29, 1.82) is 0 Å². The van der Waals surface area contributed by atoms with Crippen LogP contribution in [0.2, 0.25) is 0 Å². The molecule has 1 aliphatic heterocycles. The Balaban J connectivity index is 0.000000181. The van der Waals surface area contributed by atoms with E-state index in [-0.39, 0.29) is 5.82 Å². The Bertz CT molecular complexity index is 300. The minimum Gasteiger partial charge on any atom is -0.377 e. The lowest BCUT2D eigenvalue weighted by molar-refractivity contribution is -0.0334. The average Bonchev–Trinajstić information content (AvgIpc) is 2.35. The Morgan fingerprint density at radius 3 is 1.88 bits per heavy atom. The van der Waals surface area contributed by atoms with Crippen LogP contribution < -0.4 is 5.46 Å². The van der Waals surface area contributed by atoms with Crippen molar-refractivity contribution in [2.75, 3.05) is 26.4 Å². The normalized spacial score (nSPS) is 15.2. The summed E-state index contributed by atoms with van der Waals surface area (Å²) >= 11 is 0. The van der Waals surface area contributed by atoms with Crippen LogP contribution in [0.5, 0.6) is 0 Å². The maximum absolute atomic E-state index is 12.7. The summed E-state index contributed by atoms with van der Waals surface area (Å²) in [5, 5.41) is 0. The number of halogens is 1. The average molecular weight is 222 g/mol. The molecule has 0 amide bonds. The zero-order valence-corrected chi connectivity index (χ0v) is 9.75. The van der Waals surface area contributed by atoms with E-state index in [0.717, 1.165) is 32.0 Å². The number of hydrogen-bond donors (Lipinski definition) is 0. The highest BCUT2D eigenvalue weighted by Crippen LogP contribution is 2.07. The molecule has 4 heteroatoms. The maximum atomic E-state index is 12.7. The smallest absolute Gasteiger partial charge is 0.126 e. The Kier molecular flexibility index (Phi) is 5.50. The summed E-state index contributed by atoms with van der Waals surface area (Å²) in [6.45, 7) is 6.65. The molecule has 0 aliphatic carbocycles. The lowest BCUT2D eigenvalue weighted by Crippen LogP contribution is -2.16. The van der Waals surface area contributed by atoms with Crippen molar-refractivity contribution in [2.45, 2.75) is 13.8 Å². The molecule has 1 heterocycles. The molecule has 1 fully saturated rings. The molecule has 86 valence electrons. The van der Waals surface area contributed by atoms with E-state index in [1.807, 2.05) is 6.92 Å². The molecular weight excluding hydrogens is 206 g/mol. The predicted molar refractivity (Wildman–Crippen MR) is 62.9 cm³/mol. The fraction of sp³-hybridized carbons (Fsp3) is 0.500. The maximum Gasteiger partial charge on any atom is 0.126 e. The van der Waals surface area contributed by atoms with Crippen LogP contribution >= 0.6 is 0 Å². The monoisotopic (exact) mass is 222 g/mol. The summed E-state index contributed by atoms with van der Waals surface area (Å²) in [5.74, 6) is -0.188. The molecule has 0 unspecified atom stereocenters. The van der Waals surface area contributed by atoms with Gasteiger partial charge in [0.15, 0.2) is 0 Å². The molecule has 1 aliphatic rings. The molecule has 1 aromatic carbocycles. The SMILES string of the molecule is C1COCCO1.[B]c1ccc(F)c(C)c1C. The zero-order chi connectivity index (χ0) is 12.0. The minimum absolute atomic E-state index is 0.188. The molecule has 0 N–H and O–H groups in total. The van der Waals surface area contributed by atoms with Gasteiger partial charge in [0, 0.05) is 0 Å². The highest BCUT2D eigenvalue weighted by atomic mass is 19.1. The molecule has 0 aromatic heterocycles. The van der Waals surface area contributed by atoms with E-state index in [1.54, 1.807) is 13.0 Å². The van der Waals surface area contributed by atoms with Gasteiger partial charge in [-0.05, 0) is 25.5 Å². The second kappa shape index (κ2) is 6.66. The molecule has 0 bridgehead atoms. The third-order valence-corrected chi connectivity index (χ3v) is 2.51. The quantitative estimate of drug-likeness (QED) is 0.615. The van der Waals surface area contributed by atoms with Crippen LogP contribution in [0.15, 0.2) is 12.1 Å². The zero-order valence-electron chi connectivity index (χ0n) is 9.75. The van der Waals surface area contributed by atoms with Gasteiger partial charge in [-0.15, -0.1) is 0 Å². The van der Waals surface area contributed by atoms with Gasteiger partial charge in [0.2, 0.25) is 0 Å². The predicted octanol–water partition coefficient (Wildman–Crippen LogP) is 1.27. The second-order valence-corrected chi connectivity index (χ2v) is 3.61. The fourth-order valence-electron chi connectivity index (χ4n) is 1.25. The molecule has 0 atom stereocenters. The summed E-state index contributed by atoms with van der Waals surface area (Å²) < 4.78 is 22.6. The van der Waals surface area contributed by atoms with E-state index in [1.165, 1.54) is 6.07 Å². The lowest BCUT2D eigenvalue weighted by Gasteiger charge is -2.09. The summed E-state index contributed by atoms with van der Waals surface area (Å²) in [6.07, 6.45) is 0. The molecule has 2 rings (SSSR count). The van der Waals surface area contributed by atoms with Crippen molar-refractivity contribution in [2.24, 2.45) is 0 Å². The summed E-state index contributed by atoms with van der Waals surface area (Å²) in [7, 11) is 5.52. The first kappa shape index (κ1) is 13.2. The van der Waals surface area contributed by atoms with Gasteiger partial charge >= 0.3 is 0 Å². The van der Waals surface area contributed by atoms with Gasteiger partial charge in [-0.25, -0.2) is 4.39 Å². The van der Waals surface area contributed by atoms with E-state index in [0.29, 0.717) is 11.0 Å². The Morgan fingerprint density at radius 2 is 1.50 bits per heavy atom. The topological polar surface area (TPSA) is 18.5 Å². The number of hydrogen-bond acceptors (Lipinski definition) is 2. The highest BCUT2D eigenvalue weighted by Gasteiger charge is 2.00. The van der Waals surface area contributed by atoms with Gasteiger partial charge in [0.1, 0.15) is 13.7 Å². The molecule has 0 saturated carbocycles. The number of rotatable bonds is 0. The van der Waals surface area contributed by atoms with E-state index in [9.17, 15) is 4.39 Å². The minimum atomic E-state index is -0.188. The fourth-order valence-corrected chi connectivity index (χ4v) is 1.25. The van der Waals surface area contributed by atoms with Crippen LogP contribution in [0.1, 0.15) is 11.1 Å². The lowest BCUT2D eigenvalue weighted by atomic mass is 9.89. The molecule has 16 heavy (non-hydrogen) atoms. The molecule has 2 nitrogen and oxygen atoms in total. The third-order valence-electron chi connectivity index (χ3n) is 2.51. The standard InChI is InChI=1S/C8H8BF.C4H8O2/c1-5-6(2)8(10)4-3-7(5)9;1-2-6-4-3-5-1/h3-4H,1-2H3;1-4H2. The summed E-state index contributed by atoms with van der Waals surface area (Å²) in [6, 6.07) is 2.97. The van der Waals surface area contributed by atoms with Crippen LogP contribution in [-0.2, 0) is 9.47 Å². The number of benzene rings is 1. The molecule has 0 spiro atoms. The number of ether oxygens (including phenoxy) is 2. The van der Waals surface area contributed by atoms with Gasteiger partial charge in [-0.1, -0.05) is 17.1 Å². The van der Waals surface area contributed by atoms with Gasteiger partial charge in [0.05, 0.1) is 26.4 Å². The van der Waals surface area contributed by atoms with Crippen LogP contribution in [0.25, 0.3) is 0 Å². The molecular formula is C12H16BFO2. The second-order valence-electron chi connectivity index (χ2n) is 3.61. The van der Waals surface area contributed by atoms with Crippen molar-refractivity contribution >= 4 is 13.3 Å². The van der Waals surface area contributed by atoms with Gasteiger partial charge in [-0.3, -0.25) is 0 Å². The van der Waals surface area contributed by atoms with Crippen molar-refractivity contribution in [3.8, 4) is 0 Å². The first-order chi connectivity index (χ1) is 7.63. The summed E-state index contributed by atoms with van der Waals surface area (Å²) in [4.78, 5) is 0. The Morgan fingerprint density at radius 1 is 1.00 bits per heavy atom. The summed E-state index contributed by atoms with van der Waals surface area (Å²) in [5.41, 5.74) is 2.12. The first-order valence-corrected chi connectivity index (χ1v) is 5.29. The molecule has 1 saturated heterocycles. The van der Waals surface area contributed by atoms with Crippen molar-refractivity contribution in [3.05, 3.63) is 29.1 Å². The first-order valence-electron chi connectivity index (χ1n) is 5.29.